The van der Waals surface area contributed by atoms with E-state index in [1.54, 1.807) is 20.8 Å². The molecule has 0 radical (unpaired) electrons. The van der Waals surface area contributed by atoms with Crippen LogP contribution < -0.4 is 0 Å². The minimum Gasteiger partial charge on any atom is -0.464 e. The second kappa shape index (κ2) is 12.6. The molecule has 0 bridgehead atoms. The number of ether oxygens (including phenoxy) is 6. The van der Waals surface area contributed by atoms with Gasteiger partial charge in [-0.25, -0.2) is 4.79 Å². The van der Waals surface area contributed by atoms with Crippen molar-refractivity contribution in [3.8, 4) is 0 Å². The largest absolute Gasteiger partial charge is 0.464 e. The van der Waals surface area contributed by atoms with Gasteiger partial charge < -0.3 is 38.6 Å². The maximum Gasteiger partial charge on any atom is 0.332 e. The summed E-state index contributed by atoms with van der Waals surface area (Å²) in [7, 11) is 0. The Bertz CT molecular complexity index is 1330. The van der Waals surface area contributed by atoms with Crippen molar-refractivity contribution in [1.29, 1.82) is 0 Å². The first-order valence-corrected chi connectivity index (χ1v) is 20.5. The van der Waals surface area contributed by atoms with Crippen molar-refractivity contribution < 1.29 is 43.4 Å². The summed E-state index contributed by atoms with van der Waals surface area (Å²) in [5.41, 5.74) is -0.972. The number of fused-ring (bicyclic) bond motifs is 4. The summed E-state index contributed by atoms with van der Waals surface area (Å²) in [6, 6.07) is 0.504. The van der Waals surface area contributed by atoms with E-state index in [0.29, 0.717) is 29.7 Å². The van der Waals surface area contributed by atoms with Crippen LogP contribution >= 0.6 is 0 Å². The number of hydrogen-bond donors (Lipinski definition) is 2. The molecule has 5 saturated carbocycles. The van der Waals surface area contributed by atoms with Crippen LogP contribution in [0.3, 0.4) is 0 Å². The predicted molar refractivity (Wildman–Crippen MR) is 190 cm³/mol. The van der Waals surface area contributed by atoms with E-state index in [-0.39, 0.29) is 65.2 Å². The van der Waals surface area contributed by atoms with Crippen LogP contribution in [0.1, 0.15) is 107 Å². The number of rotatable bonds is 9. The highest BCUT2D eigenvalue weighted by Gasteiger charge is 2.84. The minimum atomic E-state index is -1.24. The molecular formula is C41H67NO9. The van der Waals surface area contributed by atoms with E-state index < -0.39 is 29.9 Å². The molecule has 2 spiro atoms. The molecule has 2 N–H and O–H groups in total. The van der Waals surface area contributed by atoms with Crippen LogP contribution in [0.2, 0.25) is 0 Å². The summed E-state index contributed by atoms with van der Waals surface area (Å²) in [6.07, 6.45) is 6.79. The lowest BCUT2D eigenvalue weighted by molar-refractivity contribution is -0.256. The Kier molecular flexibility index (Phi) is 9.15. The molecule has 10 heteroatoms. The highest BCUT2D eigenvalue weighted by molar-refractivity contribution is 5.70. The van der Waals surface area contributed by atoms with Gasteiger partial charge in [-0.3, -0.25) is 4.90 Å². The fourth-order valence-corrected chi connectivity index (χ4v) is 14.5. The zero-order valence-electron chi connectivity index (χ0n) is 32.7. The maximum atomic E-state index is 12.7. The third-order valence-electron chi connectivity index (χ3n) is 17.0. The van der Waals surface area contributed by atoms with Crippen LogP contribution in [0.25, 0.3) is 0 Å². The van der Waals surface area contributed by atoms with Gasteiger partial charge in [0, 0.05) is 12.0 Å². The first-order valence-electron chi connectivity index (χ1n) is 20.5. The van der Waals surface area contributed by atoms with Gasteiger partial charge in [-0.2, -0.15) is 0 Å². The summed E-state index contributed by atoms with van der Waals surface area (Å²) in [4.78, 5) is 14.7. The summed E-state index contributed by atoms with van der Waals surface area (Å²) < 4.78 is 36.7. The van der Waals surface area contributed by atoms with Gasteiger partial charge >= 0.3 is 5.97 Å². The Morgan fingerprint density at radius 2 is 1.76 bits per heavy atom. The monoisotopic (exact) mass is 717 g/mol. The van der Waals surface area contributed by atoms with Gasteiger partial charge in [-0.05, 0) is 117 Å². The van der Waals surface area contributed by atoms with Crippen molar-refractivity contribution in [2.24, 2.45) is 50.7 Å². The number of aliphatic hydroxyl groups excluding tert-OH is 1. The number of hydrogen-bond acceptors (Lipinski definition) is 10. The molecule has 3 heterocycles. The lowest BCUT2D eigenvalue weighted by Crippen LogP contribution is -2.60. The van der Waals surface area contributed by atoms with Crippen molar-refractivity contribution in [3.05, 3.63) is 0 Å². The molecule has 0 aromatic rings. The molecule has 8 rings (SSSR count). The van der Waals surface area contributed by atoms with E-state index in [9.17, 15) is 15.0 Å². The van der Waals surface area contributed by atoms with Crippen molar-refractivity contribution in [1.82, 2.24) is 4.90 Å². The molecule has 3 saturated heterocycles. The van der Waals surface area contributed by atoms with Crippen LogP contribution in [0.4, 0.5) is 0 Å². The lowest BCUT2D eigenvalue weighted by atomic mass is 9.41. The number of morpholine rings is 1. The standard InChI is InChI=1S/C41H67NO9/c1-9-47-30(43)22-49-35(37(5,6)45)26-18-24(2)32-33(50-26)34(44)39(8)28-11-10-27-36(3,4)29(51-31-19-42(16-17-48-31)25-20-46-21-25)12-13-40(27)23-41(28,40)15-14-38(32,39)7/h24-29,31-35,44-45H,9-23H2,1-8H3/t24-,26-,27+,28+,29+,31+,32+,33+,34+,35+,38-,39-,40-,41+/m1/s1. The molecule has 8 aliphatic rings. The summed E-state index contributed by atoms with van der Waals surface area (Å²) in [5, 5.41) is 23.9. The number of nitrogens with zero attached hydrogens (tertiary/aromatic N) is 1. The fraction of sp³-hybridized carbons (Fsp3) is 0.976. The first kappa shape index (κ1) is 37.1. The van der Waals surface area contributed by atoms with E-state index in [1.807, 2.05) is 0 Å². The molecule has 51 heavy (non-hydrogen) atoms. The van der Waals surface area contributed by atoms with Gasteiger partial charge in [0.25, 0.3) is 0 Å². The Morgan fingerprint density at radius 3 is 2.45 bits per heavy atom. The van der Waals surface area contributed by atoms with E-state index in [0.717, 1.165) is 52.2 Å². The topological polar surface area (TPSA) is 116 Å². The number of aliphatic hydroxyl groups is 2. The summed E-state index contributed by atoms with van der Waals surface area (Å²) in [6.45, 7) is 21.5. The van der Waals surface area contributed by atoms with Gasteiger partial charge in [0.05, 0.1) is 69.0 Å². The average Bonchev–Trinajstić information content (AvgIpc) is 3.66. The molecule has 290 valence electrons. The highest BCUT2D eigenvalue weighted by atomic mass is 16.7. The van der Waals surface area contributed by atoms with E-state index >= 15 is 0 Å². The first-order chi connectivity index (χ1) is 24.0. The SMILES string of the molecule is CCOC(=O)CO[C@@H]([C@H]1C[C@@H](C)[C@H]2[C@H](O1)[C@H](O)[C@@]1(C)[C@@H]3CC[C@H]4C(C)(C)[C@@H](O[C@H]5CN(C6COC6)CCO5)CC[C@@]45C[C@@]35CC[C@]21C)C(C)(C)O. The minimum absolute atomic E-state index is 0.0440. The van der Waals surface area contributed by atoms with Crippen molar-refractivity contribution in [2.45, 2.75) is 155 Å². The molecule has 8 fully saturated rings. The second-order valence-corrected chi connectivity index (χ2v) is 19.9. The second-order valence-electron chi connectivity index (χ2n) is 19.9. The summed E-state index contributed by atoms with van der Waals surface area (Å²) >= 11 is 0. The molecule has 0 amide bonds. The van der Waals surface area contributed by atoms with Crippen molar-refractivity contribution in [3.63, 3.8) is 0 Å². The van der Waals surface area contributed by atoms with Crippen LogP contribution in [0.5, 0.6) is 0 Å². The van der Waals surface area contributed by atoms with Gasteiger partial charge in [-0.1, -0.05) is 34.6 Å². The molecule has 0 aromatic heterocycles. The fourth-order valence-electron chi connectivity index (χ4n) is 14.5. The Balaban J connectivity index is 1.01. The summed E-state index contributed by atoms with van der Waals surface area (Å²) in [5.74, 6) is 1.07. The molecule has 5 aliphatic carbocycles. The van der Waals surface area contributed by atoms with Gasteiger partial charge in [0.2, 0.25) is 0 Å². The predicted octanol–water partition coefficient (Wildman–Crippen LogP) is 4.96. The zero-order valence-corrected chi connectivity index (χ0v) is 32.7. The molecular weight excluding hydrogens is 650 g/mol. The van der Waals surface area contributed by atoms with Gasteiger partial charge in [-0.15, -0.1) is 0 Å². The van der Waals surface area contributed by atoms with E-state index in [4.69, 9.17) is 28.4 Å². The van der Waals surface area contributed by atoms with Gasteiger partial charge in [0.1, 0.15) is 12.7 Å². The Labute approximate surface area is 305 Å². The van der Waals surface area contributed by atoms with Crippen LogP contribution in [-0.4, -0.2) is 116 Å². The molecule has 10 nitrogen and oxygen atoms in total. The maximum absolute atomic E-state index is 12.7. The number of esters is 1. The third-order valence-corrected chi connectivity index (χ3v) is 17.0. The molecule has 14 atom stereocenters. The Hall–Kier alpha value is -0.850. The van der Waals surface area contributed by atoms with Crippen LogP contribution in [0, 0.1) is 50.7 Å². The number of carbonyl (C=O) groups excluding carboxylic acids is 1. The van der Waals surface area contributed by atoms with Crippen LogP contribution in [-0.2, 0) is 33.2 Å². The van der Waals surface area contributed by atoms with E-state index in [2.05, 4.69) is 39.5 Å². The van der Waals surface area contributed by atoms with Crippen molar-refractivity contribution >= 4 is 5.97 Å². The zero-order chi connectivity index (χ0) is 36.4. The van der Waals surface area contributed by atoms with E-state index in [1.165, 1.54) is 25.7 Å². The van der Waals surface area contributed by atoms with Gasteiger partial charge in [0.15, 0.2) is 6.29 Å². The molecule has 3 aliphatic heterocycles. The lowest BCUT2D eigenvalue weighted by Gasteiger charge is -2.64. The van der Waals surface area contributed by atoms with Crippen molar-refractivity contribution in [2.75, 3.05) is 46.1 Å². The molecule has 0 unspecified atom stereocenters. The highest BCUT2D eigenvalue weighted by Crippen LogP contribution is 2.89. The average molecular weight is 718 g/mol. The smallest absolute Gasteiger partial charge is 0.332 e. The molecule has 0 aromatic carbocycles. The van der Waals surface area contributed by atoms with Crippen LogP contribution in [0.15, 0.2) is 0 Å². The third kappa shape index (κ3) is 5.33. The number of carbonyl (C=O) groups is 1. The normalized spacial score (nSPS) is 49.7. The Morgan fingerprint density at radius 1 is 1.04 bits per heavy atom. The quantitative estimate of drug-likeness (QED) is 0.317.